The van der Waals surface area contributed by atoms with Gasteiger partial charge in [0.15, 0.2) is 0 Å². The molecule has 3 nitrogen and oxygen atoms in total. The molecule has 0 bridgehead atoms. The first kappa shape index (κ1) is 11.2. The number of rotatable bonds is 2. The third-order valence-corrected chi connectivity index (χ3v) is 2.53. The predicted molar refractivity (Wildman–Crippen MR) is 68.7 cm³/mol. The van der Waals surface area contributed by atoms with Crippen LogP contribution in [0.1, 0.15) is 5.56 Å². The van der Waals surface area contributed by atoms with Crippen molar-refractivity contribution in [3.8, 4) is 17.2 Å². The second kappa shape index (κ2) is 4.67. The van der Waals surface area contributed by atoms with Crippen LogP contribution in [-0.2, 0) is 0 Å². The fraction of sp³-hybridized carbons (Fsp3) is 0.143. The van der Waals surface area contributed by atoms with Crippen LogP contribution in [0, 0.1) is 11.3 Å². The first-order valence-electron chi connectivity index (χ1n) is 5.34. The number of aromatic nitrogens is 1. The minimum absolute atomic E-state index is 0.666. The number of pyridine rings is 1. The molecule has 84 valence electrons. The Morgan fingerprint density at radius 2 is 1.94 bits per heavy atom. The van der Waals surface area contributed by atoms with Gasteiger partial charge in [-0.3, -0.25) is 0 Å². The number of anilines is 1. The van der Waals surface area contributed by atoms with Crippen molar-refractivity contribution >= 4 is 5.82 Å². The zero-order valence-electron chi connectivity index (χ0n) is 9.88. The van der Waals surface area contributed by atoms with E-state index in [1.54, 1.807) is 6.07 Å². The monoisotopic (exact) mass is 223 g/mol. The van der Waals surface area contributed by atoms with Crippen LogP contribution in [0.3, 0.4) is 0 Å². The van der Waals surface area contributed by atoms with Crippen LogP contribution in [0.25, 0.3) is 11.1 Å². The summed E-state index contributed by atoms with van der Waals surface area (Å²) in [6.07, 6.45) is 1.83. The number of nitrogens with zero attached hydrogens (tertiary/aromatic N) is 3. The highest BCUT2D eigenvalue weighted by molar-refractivity contribution is 5.65. The van der Waals surface area contributed by atoms with E-state index >= 15 is 0 Å². The molecule has 3 heteroatoms. The van der Waals surface area contributed by atoms with Crippen LogP contribution in [0.2, 0.25) is 0 Å². The van der Waals surface area contributed by atoms with Gasteiger partial charge in [-0.25, -0.2) is 4.98 Å². The molecule has 0 saturated heterocycles. The summed E-state index contributed by atoms with van der Waals surface area (Å²) in [4.78, 5) is 6.31. The van der Waals surface area contributed by atoms with Crippen LogP contribution < -0.4 is 4.90 Å². The fourth-order valence-corrected chi connectivity index (χ4v) is 1.59. The third kappa shape index (κ3) is 2.43. The minimum Gasteiger partial charge on any atom is -0.363 e. The Balaban J connectivity index is 2.37. The molecule has 17 heavy (non-hydrogen) atoms. The van der Waals surface area contributed by atoms with Crippen molar-refractivity contribution in [2.75, 3.05) is 19.0 Å². The van der Waals surface area contributed by atoms with Crippen molar-refractivity contribution in [3.63, 3.8) is 0 Å². The van der Waals surface area contributed by atoms with Crippen LogP contribution >= 0.6 is 0 Å². The Bertz CT molecular complexity index is 550. The van der Waals surface area contributed by atoms with E-state index < -0.39 is 0 Å². The van der Waals surface area contributed by atoms with E-state index in [2.05, 4.69) is 11.1 Å². The van der Waals surface area contributed by atoms with Gasteiger partial charge in [0.2, 0.25) is 0 Å². The van der Waals surface area contributed by atoms with Crippen molar-refractivity contribution < 1.29 is 0 Å². The van der Waals surface area contributed by atoms with E-state index in [0.29, 0.717) is 5.56 Å². The Labute approximate surface area is 101 Å². The summed E-state index contributed by atoms with van der Waals surface area (Å²) < 4.78 is 0. The molecule has 0 N–H and O–H groups in total. The first-order chi connectivity index (χ1) is 8.20. The number of benzene rings is 1. The molecule has 0 spiro atoms. The average molecular weight is 223 g/mol. The van der Waals surface area contributed by atoms with Gasteiger partial charge in [-0.05, 0) is 29.8 Å². The lowest BCUT2D eigenvalue weighted by atomic mass is 10.1. The highest BCUT2D eigenvalue weighted by Crippen LogP contribution is 2.21. The lowest BCUT2D eigenvalue weighted by molar-refractivity contribution is 1.07. The molecule has 2 aromatic rings. The number of hydrogen-bond donors (Lipinski definition) is 0. The Morgan fingerprint density at radius 3 is 2.53 bits per heavy atom. The molecule has 0 aliphatic heterocycles. The van der Waals surface area contributed by atoms with Gasteiger partial charge < -0.3 is 4.90 Å². The number of hydrogen-bond acceptors (Lipinski definition) is 3. The van der Waals surface area contributed by atoms with Crippen LogP contribution in [0.4, 0.5) is 5.82 Å². The number of nitriles is 1. The molecule has 0 radical (unpaired) electrons. The molecule has 2 rings (SSSR count). The largest absolute Gasteiger partial charge is 0.363 e. The maximum Gasteiger partial charge on any atom is 0.127 e. The zero-order valence-corrected chi connectivity index (χ0v) is 9.88. The predicted octanol–water partition coefficient (Wildman–Crippen LogP) is 2.69. The molecular formula is C14H13N3. The molecule has 0 fully saturated rings. The van der Waals surface area contributed by atoms with Gasteiger partial charge >= 0.3 is 0 Å². The van der Waals surface area contributed by atoms with Gasteiger partial charge in [-0.2, -0.15) is 5.26 Å². The van der Waals surface area contributed by atoms with E-state index in [1.165, 1.54) is 0 Å². The molecular weight excluding hydrogens is 210 g/mol. The molecule has 0 saturated carbocycles. The molecule has 1 heterocycles. The highest BCUT2D eigenvalue weighted by atomic mass is 15.1. The summed E-state index contributed by atoms with van der Waals surface area (Å²) in [5.41, 5.74) is 2.70. The Morgan fingerprint density at radius 1 is 1.12 bits per heavy atom. The molecule has 0 aliphatic rings. The van der Waals surface area contributed by atoms with Gasteiger partial charge in [0, 0.05) is 25.9 Å². The SMILES string of the molecule is CN(C)c1ccc(-c2cccc(C#N)c2)cn1. The lowest BCUT2D eigenvalue weighted by Gasteiger charge is -2.11. The van der Waals surface area contributed by atoms with Gasteiger partial charge in [-0.15, -0.1) is 0 Å². The van der Waals surface area contributed by atoms with Crippen molar-refractivity contribution in [2.24, 2.45) is 0 Å². The smallest absolute Gasteiger partial charge is 0.127 e. The molecule has 1 aromatic carbocycles. The highest BCUT2D eigenvalue weighted by Gasteiger charge is 2.01. The topological polar surface area (TPSA) is 39.9 Å². The van der Waals surface area contributed by atoms with E-state index in [9.17, 15) is 0 Å². The van der Waals surface area contributed by atoms with Gasteiger partial charge in [0.25, 0.3) is 0 Å². The second-order valence-corrected chi connectivity index (χ2v) is 3.99. The zero-order chi connectivity index (χ0) is 12.3. The molecule has 0 atom stereocenters. The Kier molecular flexibility index (Phi) is 3.06. The van der Waals surface area contributed by atoms with Gasteiger partial charge in [0.05, 0.1) is 11.6 Å². The van der Waals surface area contributed by atoms with Crippen LogP contribution in [-0.4, -0.2) is 19.1 Å². The standard InChI is InChI=1S/C14H13N3/c1-17(2)14-7-6-13(10-16-14)12-5-3-4-11(8-12)9-15/h3-8,10H,1-2H3. The van der Waals surface area contributed by atoms with Crippen LogP contribution in [0.5, 0.6) is 0 Å². The summed E-state index contributed by atoms with van der Waals surface area (Å²) in [6, 6.07) is 13.6. The van der Waals surface area contributed by atoms with E-state index in [-0.39, 0.29) is 0 Å². The summed E-state index contributed by atoms with van der Waals surface area (Å²) in [5, 5.41) is 8.85. The Hall–Kier alpha value is -2.34. The van der Waals surface area contributed by atoms with E-state index in [1.807, 2.05) is 55.5 Å². The minimum atomic E-state index is 0.666. The molecule has 1 aromatic heterocycles. The fourth-order valence-electron chi connectivity index (χ4n) is 1.59. The van der Waals surface area contributed by atoms with E-state index in [4.69, 9.17) is 5.26 Å². The van der Waals surface area contributed by atoms with Crippen molar-refractivity contribution in [1.29, 1.82) is 5.26 Å². The maximum absolute atomic E-state index is 8.85. The van der Waals surface area contributed by atoms with Crippen molar-refractivity contribution in [3.05, 3.63) is 48.2 Å². The summed E-state index contributed by atoms with van der Waals surface area (Å²) in [6.45, 7) is 0. The second-order valence-electron chi connectivity index (χ2n) is 3.99. The maximum atomic E-state index is 8.85. The summed E-state index contributed by atoms with van der Waals surface area (Å²) >= 11 is 0. The summed E-state index contributed by atoms with van der Waals surface area (Å²) in [5.74, 6) is 0.921. The van der Waals surface area contributed by atoms with Crippen molar-refractivity contribution in [2.45, 2.75) is 0 Å². The van der Waals surface area contributed by atoms with Gasteiger partial charge in [-0.1, -0.05) is 12.1 Å². The van der Waals surface area contributed by atoms with Crippen LogP contribution in [0.15, 0.2) is 42.6 Å². The molecule has 0 amide bonds. The molecule has 0 aliphatic carbocycles. The third-order valence-electron chi connectivity index (χ3n) is 2.53. The van der Waals surface area contributed by atoms with Gasteiger partial charge in [0.1, 0.15) is 5.82 Å². The average Bonchev–Trinajstić information content (AvgIpc) is 2.39. The first-order valence-corrected chi connectivity index (χ1v) is 5.34. The van der Waals surface area contributed by atoms with E-state index in [0.717, 1.165) is 16.9 Å². The molecule has 0 unspecified atom stereocenters. The quantitative estimate of drug-likeness (QED) is 0.785. The summed E-state index contributed by atoms with van der Waals surface area (Å²) in [7, 11) is 3.91. The lowest BCUT2D eigenvalue weighted by Crippen LogP contribution is -2.09. The van der Waals surface area contributed by atoms with Crippen molar-refractivity contribution in [1.82, 2.24) is 4.98 Å². The normalized spacial score (nSPS) is 9.71.